The molecule has 0 spiro atoms. The number of carbonyl (C=O) groups excluding carboxylic acids is 2. The lowest BCUT2D eigenvalue weighted by Crippen LogP contribution is -2.26. The van der Waals surface area contributed by atoms with Crippen LogP contribution >= 0.6 is 0 Å². The predicted molar refractivity (Wildman–Crippen MR) is 65.5 cm³/mol. The van der Waals surface area contributed by atoms with Gasteiger partial charge in [0.2, 0.25) is 0 Å². The fourth-order valence-electron chi connectivity index (χ4n) is 3.95. The van der Waals surface area contributed by atoms with Crippen LogP contribution < -0.4 is 0 Å². The highest BCUT2D eigenvalue weighted by Gasteiger charge is 2.35. The number of hydrogen-bond donors (Lipinski definition) is 0. The van der Waals surface area contributed by atoms with Gasteiger partial charge in [-0.1, -0.05) is 5.57 Å². The van der Waals surface area contributed by atoms with Crippen molar-refractivity contribution >= 4 is 11.6 Å². The number of fused-ring (bicyclic) bond motifs is 1. The first-order valence-electron chi connectivity index (χ1n) is 6.97. The molecule has 3 aliphatic rings. The monoisotopic (exact) mass is 232 g/mol. The maximum Gasteiger partial charge on any atom is 0.155 e. The first kappa shape index (κ1) is 11.2. The van der Waals surface area contributed by atoms with Gasteiger partial charge in [0.05, 0.1) is 0 Å². The van der Waals surface area contributed by atoms with Crippen molar-refractivity contribution in [1.29, 1.82) is 0 Å². The second kappa shape index (κ2) is 4.40. The van der Waals surface area contributed by atoms with Crippen molar-refractivity contribution in [2.24, 2.45) is 17.8 Å². The zero-order chi connectivity index (χ0) is 11.8. The summed E-state index contributed by atoms with van der Waals surface area (Å²) in [6.07, 6.45) is 10.0. The van der Waals surface area contributed by atoms with E-state index < -0.39 is 0 Å². The van der Waals surface area contributed by atoms with E-state index in [1.165, 1.54) is 18.4 Å². The maximum absolute atomic E-state index is 11.4. The minimum absolute atomic E-state index is 0.325. The molecule has 0 bridgehead atoms. The Kier molecular flexibility index (Phi) is 2.89. The molecule has 0 radical (unpaired) electrons. The molecule has 3 aliphatic carbocycles. The van der Waals surface area contributed by atoms with Crippen LogP contribution in [0.15, 0.2) is 11.6 Å². The minimum atomic E-state index is 0.325. The molecule has 0 aromatic heterocycles. The Balaban J connectivity index is 1.67. The number of carbonyl (C=O) groups is 2. The molecule has 92 valence electrons. The molecule has 0 saturated heterocycles. The Morgan fingerprint density at radius 1 is 0.941 bits per heavy atom. The molecule has 0 heterocycles. The van der Waals surface area contributed by atoms with Crippen LogP contribution in [0.3, 0.4) is 0 Å². The van der Waals surface area contributed by atoms with E-state index in [2.05, 4.69) is 0 Å². The summed E-state index contributed by atoms with van der Waals surface area (Å²) < 4.78 is 0. The summed E-state index contributed by atoms with van der Waals surface area (Å²) in [7, 11) is 0. The molecule has 0 amide bonds. The van der Waals surface area contributed by atoms with E-state index in [0.29, 0.717) is 23.4 Å². The number of ketones is 2. The van der Waals surface area contributed by atoms with Crippen molar-refractivity contribution < 1.29 is 9.59 Å². The molecule has 17 heavy (non-hydrogen) atoms. The fourth-order valence-corrected chi connectivity index (χ4v) is 3.95. The topological polar surface area (TPSA) is 34.1 Å². The van der Waals surface area contributed by atoms with Gasteiger partial charge >= 0.3 is 0 Å². The second-order valence-corrected chi connectivity index (χ2v) is 6.00. The SMILES string of the molecule is O=C1C=C2CC[C@H]([C@@H]3CCC(=O)C3)C[C@H]2CC1. The number of hydrogen-bond acceptors (Lipinski definition) is 2. The standard InChI is InChI=1S/C15H20O2/c16-14-5-3-11-7-10(1-2-12(11)8-14)13-4-6-15(17)9-13/h8,10-11,13H,1-7,9H2/t10-,11+,13+/m0/s1. The quantitative estimate of drug-likeness (QED) is 0.696. The van der Waals surface area contributed by atoms with Crippen LogP contribution in [0, 0.1) is 17.8 Å². The van der Waals surface area contributed by atoms with Gasteiger partial charge in [-0.3, -0.25) is 9.59 Å². The summed E-state index contributed by atoms with van der Waals surface area (Å²) in [6.45, 7) is 0. The van der Waals surface area contributed by atoms with Crippen LogP contribution in [0.5, 0.6) is 0 Å². The van der Waals surface area contributed by atoms with E-state index in [9.17, 15) is 9.59 Å². The summed E-state index contributed by atoms with van der Waals surface area (Å²) in [6, 6.07) is 0. The van der Waals surface area contributed by atoms with E-state index >= 15 is 0 Å². The zero-order valence-corrected chi connectivity index (χ0v) is 10.3. The van der Waals surface area contributed by atoms with Crippen molar-refractivity contribution in [3.8, 4) is 0 Å². The van der Waals surface area contributed by atoms with Crippen LogP contribution in [-0.2, 0) is 9.59 Å². The normalized spacial score (nSPS) is 37.9. The first-order chi connectivity index (χ1) is 8.22. The Morgan fingerprint density at radius 3 is 2.53 bits per heavy atom. The average Bonchev–Trinajstić information content (AvgIpc) is 2.75. The van der Waals surface area contributed by atoms with Crippen LogP contribution in [0.2, 0.25) is 0 Å². The smallest absolute Gasteiger partial charge is 0.155 e. The lowest BCUT2D eigenvalue weighted by molar-refractivity contribution is -0.117. The fraction of sp³-hybridized carbons (Fsp3) is 0.733. The van der Waals surface area contributed by atoms with Crippen LogP contribution in [-0.4, -0.2) is 11.6 Å². The molecule has 0 N–H and O–H groups in total. The van der Waals surface area contributed by atoms with E-state index in [-0.39, 0.29) is 0 Å². The molecular weight excluding hydrogens is 212 g/mol. The van der Waals surface area contributed by atoms with Crippen molar-refractivity contribution in [3.05, 3.63) is 11.6 Å². The first-order valence-corrected chi connectivity index (χ1v) is 6.97. The molecule has 0 aromatic rings. The van der Waals surface area contributed by atoms with Crippen LogP contribution in [0.25, 0.3) is 0 Å². The largest absolute Gasteiger partial charge is 0.300 e. The van der Waals surface area contributed by atoms with Crippen LogP contribution in [0.1, 0.15) is 51.4 Å². The highest BCUT2D eigenvalue weighted by Crippen LogP contribution is 2.44. The van der Waals surface area contributed by atoms with E-state index in [4.69, 9.17) is 0 Å². The summed E-state index contributed by atoms with van der Waals surface area (Å²) in [5.41, 5.74) is 1.40. The lowest BCUT2D eigenvalue weighted by Gasteiger charge is -2.36. The Hall–Kier alpha value is -0.920. The summed E-state index contributed by atoms with van der Waals surface area (Å²) in [4.78, 5) is 22.7. The van der Waals surface area contributed by atoms with Crippen molar-refractivity contribution in [2.45, 2.75) is 51.4 Å². The highest BCUT2D eigenvalue weighted by atomic mass is 16.1. The van der Waals surface area contributed by atoms with Gasteiger partial charge in [0.25, 0.3) is 0 Å². The molecule has 0 aliphatic heterocycles. The lowest BCUT2D eigenvalue weighted by atomic mass is 9.69. The van der Waals surface area contributed by atoms with Gasteiger partial charge in [-0.05, 0) is 55.9 Å². The molecule has 3 rings (SSSR count). The van der Waals surface area contributed by atoms with Gasteiger partial charge in [-0.15, -0.1) is 0 Å². The van der Waals surface area contributed by atoms with Gasteiger partial charge in [-0.2, -0.15) is 0 Å². The van der Waals surface area contributed by atoms with Crippen molar-refractivity contribution in [2.75, 3.05) is 0 Å². The Morgan fingerprint density at radius 2 is 1.76 bits per heavy atom. The van der Waals surface area contributed by atoms with Gasteiger partial charge in [-0.25, -0.2) is 0 Å². The molecule has 2 heteroatoms. The Bertz CT molecular complexity index is 380. The second-order valence-electron chi connectivity index (χ2n) is 6.00. The number of rotatable bonds is 1. The van der Waals surface area contributed by atoms with Gasteiger partial charge in [0.1, 0.15) is 5.78 Å². The van der Waals surface area contributed by atoms with E-state index in [1.807, 2.05) is 6.08 Å². The molecule has 2 saturated carbocycles. The third-order valence-electron chi connectivity index (χ3n) is 4.95. The third kappa shape index (κ3) is 2.22. The van der Waals surface area contributed by atoms with E-state index in [0.717, 1.165) is 44.4 Å². The number of allylic oxidation sites excluding steroid dienone is 2. The summed E-state index contributed by atoms with van der Waals surface area (Å²) in [5, 5.41) is 0. The number of Topliss-reactive ketones (excluding diaryl/α,β-unsaturated/α-hetero) is 1. The highest BCUT2D eigenvalue weighted by molar-refractivity contribution is 5.91. The van der Waals surface area contributed by atoms with Gasteiger partial charge in [0.15, 0.2) is 5.78 Å². The predicted octanol–water partition coefficient (Wildman–Crippen LogP) is 3.06. The molecule has 3 atom stereocenters. The van der Waals surface area contributed by atoms with E-state index in [1.54, 1.807) is 0 Å². The molecule has 0 aromatic carbocycles. The van der Waals surface area contributed by atoms with Gasteiger partial charge in [0, 0.05) is 19.3 Å². The van der Waals surface area contributed by atoms with Crippen molar-refractivity contribution in [3.63, 3.8) is 0 Å². The Labute approximate surface area is 102 Å². The summed E-state index contributed by atoms with van der Waals surface area (Å²) >= 11 is 0. The molecule has 0 unspecified atom stereocenters. The maximum atomic E-state index is 11.4. The third-order valence-corrected chi connectivity index (χ3v) is 4.95. The van der Waals surface area contributed by atoms with Crippen LogP contribution in [0.4, 0.5) is 0 Å². The summed E-state index contributed by atoms with van der Waals surface area (Å²) in [5.74, 6) is 2.85. The minimum Gasteiger partial charge on any atom is -0.300 e. The average molecular weight is 232 g/mol. The molecule has 2 nitrogen and oxygen atoms in total. The zero-order valence-electron chi connectivity index (χ0n) is 10.3. The van der Waals surface area contributed by atoms with Crippen molar-refractivity contribution in [1.82, 2.24) is 0 Å². The molecular formula is C15H20O2. The van der Waals surface area contributed by atoms with Gasteiger partial charge < -0.3 is 0 Å². The molecule has 2 fully saturated rings.